The molecule has 0 saturated carbocycles. The molecule has 1 N–H and O–H groups in total. The molecule has 2 rings (SSSR count). The zero-order valence-corrected chi connectivity index (χ0v) is 15.2. The van der Waals surface area contributed by atoms with Gasteiger partial charge in [-0.15, -0.1) is 16.8 Å². The number of nitrogens with zero attached hydrogens (tertiary/aromatic N) is 2. The van der Waals surface area contributed by atoms with Crippen LogP contribution in [0.3, 0.4) is 0 Å². The van der Waals surface area contributed by atoms with Gasteiger partial charge in [0.1, 0.15) is 11.5 Å². The maximum absolute atomic E-state index is 12.1. The molecule has 24 heavy (non-hydrogen) atoms. The SMILES string of the molecule is C=CCSc1nnc(NC(=O)CCc2cc(OC)cc(OC)c2)s1. The predicted octanol–water partition coefficient (Wildman–Crippen LogP) is 3.40. The van der Waals surface area contributed by atoms with Crippen molar-refractivity contribution < 1.29 is 14.3 Å². The molecule has 0 aliphatic carbocycles. The van der Waals surface area contributed by atoms with E-state index < -0.39 is 0 Å². The van der Waals surface area contributed by atoms with Gasteiger partial charge in [-0.1, -0.05) is 29.2 Å². The van der Waals surface area contributed by atoms with Crippen LogP contribution in [-0.2, 0) is 11.2 Å². The molecule has 0 unspecified atom stereocenters. The topological polar surface area (TPSA) is 73.3 Å². The van der Waals surface area contributed by atoms with Gasteiger partial charge in [0.2, 0.25) is 11.0 Å². The van der Waals surface area contributed by atoms with Gasteiger partial charge in [-0.25, -0.2) is 0 Å². The number of nitrogens with one attached hydrogen (secondary N) is 1. The van der Waals surface area contributed by atoms with E-state index in [9.17, 15) is 4.79 Å². The van der Waals surface area contributed by atoms with E-state index in [0.29, 0.717) is 29.5 Å². The highest BCUT2D eigenvalue weighted by Crippen LogP contribution is 2.26. The van der Waals surface area contributed by atoms with Crippen molar-refractivity contribution in [2.24, 2.45) is 0 Å². The Hall–Kier alpha value is -2.06. The fraction of sp³-hybridized carbons (Fsp3) is 0.312. The summed E-state index contributed by atoms with van der Waals surface area (Å²) in [7, 11) is 3.20. The Balaban J connectivity index is 1.88. The molecule has 0 atom stereocenters. The molecule has 128 valence electrons. The summed E-state index contributed by atoms with van der Waals surface area (Å²) in [5, 5.41) is 11.2. The lowest BCUT2D eigenvalue weighted by Crippen LogP contribution is -2.12. The monoisotopic (exact) mass is 365 g/mol. The molecule has 0 spiro atoms. The number of methoxy groups -OCH3 is 2. The van der Waals surface area contributed by atoms with Crippen molar-refractivity contribution in [1.29, 1.82) is 0 Å². The number of hydrogen-bond donors (Lipinski definition) is 1. The third-order valence-electron chi connectivity index (χ3n) is 3.03. The van der Waals surface area contributed by atoms with Crippen LogP contribution >= 0.6 is 23.1 Å². The number of amides is 1. The number of rotatable bonds is 9. The van der Waals surface area contributed by atoms with Crippen LogP contribution in [0.5, 0.6) is 11.5 Å². The van der Waals surface area contributed by atoms with Gasteiger partial charge in [0.05, 0.1) is 14.2 Å². The summed E-state index contributed by atoms with van der Waals surface area (Å²) < 4.78 is 11.3. The fourth-order valence-electron chi connectivity index (χ4n) is 1.90. The number of carbonyl (C=O) groups is 1. The molecule has 0 aliphatic rings. The molecule has 0 bridgehead atoms. The Morgan fingerprint density at radius 3 is 2.62 bits per heavy atom. The molecule has 2 aromatic rings. The number of ether oxygens (including phenoxy) is 2. The Morgan fingerprint density at radius 2 is 2.00 bits per heavy atom. The molecule has 0 aliphatic heterocycles. The van der Waals surface area contributed by atoms with Crippen LogP contribution in [0.4, 0.5) is 5.13 Å². The maximum Gasteiger partial charge on any atom is 0.226 e. The molecule has 1 aromatic heterocycles. The molecule has 0 saturated heterocycles. The van der Waals surface area contributed by atoms with Gasteiger partial charge in [-0.3, -0.25) is 4.79 Å². The van der Waals surface area contributed by atoms with Crippen LogP contribution < -0.4 is 14.8 Å². The van der Waals surface area contributed by atoms with Crippen LogP contribution in [0.15, 0.2) is 35.2 Å². The molecular formula is C16H19N3O3S2. The summed E-state index contributed by atoms with van der Waals surface area (Å²) in [6, 6.07) is 5.59. The largest absolute Gasteiger partial charge is 0.497 e. The van der Waals surface area contributed by atoms with E-state index in [1.165, 1.54) is 23.1 Å². The van der Waals surface area contributed by atoms with Gasteiger partial charge in [0.15, 0.2) is 4.34 Å². The van der Waals surface area contributed by atoms with Gasteiger partial charge in [0.25, 0.3) is 0 Å². The summed E-state index contributed by atoms with van der Waals surface area (Å²) >= 11 is 2.89. The first kappa shape index (κ1) is 18.3. The average Bonchev–Trinajstić information content (AvgIpc) is 3.05. The van der Waals surface area contributed by atoms with E-state index in [0.717, 1.165) is 15.7 Å². The second kappa shape index (κ2) is 9.29. The van der Waals surface area contributed by atoms with E-state index in [4.69, 9.17) is 9.47 Å². The molecular weight excluding hydrogens is 346 g/mol. The number of thioether (sulfide) groups is 1. The smallest absolute Gasteiger partial charge is 0.226 e. The molecule has 6 nitrogen and oxygen atoms in total. The van der Waals surface area contributed by atoms with E-state index in [-0.39, 0.29) is 5.91 Å². The predicted molar refractivity (Wildman–Crippen MR) is 97.3 cm³/mol. The summed E-state index contributed by atoms with van der Waals surface area (Å²) in [5.74, 6) is 2.07. The fourth-order valence-corrected chi connectivity index (χ4v) is 3.43. The minimum absolute atomic E-state index is 0.104. The standard InChI is InChI=1S/C16H19N3O3S2/c1-4-7-23-16-19-18-15(24-16)17-14(20)6-5-11-8-12(21-2)10-13(9-11)22-3/h4,8-10H,1,5-7H2,2-3H3,(H,17,18,20). The number of aryl methyl sites for hydroxylation is 1. The van der Waals surface area contributed by atoms with Crippen LogP contribution in [0.1, 0.15) is 12.0 Å². The highest BCUT2D eigenvalue weighted by molar-refractivity contribution is 8.01. The van der Waals surface area contributed by atoms with Crippen LogP contribution in [0.25, 0.3) is 0 Å². The lowest BCUT2D eigenvalue weighted by atomic mass is 10.1. The zero-order chi connectivity index (χ0) is 17.4. The Bertz CT molecular complexity index is 681. The molecule has 1 aromatic carbocycles. The normalized spacial score (nSPS) is 10.2. The number of hydrogen-bond acceptors (Lipinski definition) is 7. The molecule has 1 amide bonds. The van der Waals surface area contributed by atoms with Crippen molar-refractivity contribution in [1.82, 2.24) is 10.2 Å². The number of carbonyl (C=O) groups excluding carboxylic acids is 1. The summed E-state index contributed by atoms with van der Waals surface area (Å²) in [4.78, 5) is 12.1. The third kappa shape index (κ3) is 5.54. The minimum Gasteiger partial charge on any atom is -0.497 e. The first-order valence-corrected chi connectivity index (χ1v) is 9.03. The highest BCUT2D eigenvalue weighted by atomic mass is 32.2. The van der Waals surface area contributed by atoms with E-state index in [1.807, 2.05) is 12.1 Å². The van der Waals surface area contributed by atoms with Crippen molar-refractivity contribution in [3.05, 3.63) is 36.4 Å². The van der Waals surface area contributed by atoms with Gasteiger partial charge in [-0.05, 0) is 24.1 Å². The number of benzene rings is 1. The van der Waals surface area contributed by atoms with E-state index in [1.54, 1.807) is 26.4 Å². The van der Waals surface area contributed by atoms with Gasteiger partial charge < -0.3 is 14.8 Å². The molecule has 8 heteroatoms. The van der Waals surface area contributed by atoms with E-state index >= 15 is 0 Å². The van der Waals surface area contributed by atoms with Gasteiger partial charge in [0, 0.05) is 18.2 Å². The Kier molecular flexibility index (Phi) is 7.07. The second-order valence-electron chi connectivity index (χ2n) is 4.74. The number of aromatic nitrogens is 2. The van der Waals surface area contributed by atoms with Crippen LogP contribution in [-0.4, -0.2) is 36.1 Å². The Labute approximate surface area is 149 Å². The Morgan fingerprint density at radius 1 is 1.29 bits per heavy atom. The quantitative estimate of drug-likeness (QED) is 0.417. The van der Waals surface area contributed by atoms with E-state index in [2.05, 4.69) is 22.1 Å². The highest BCUT2D eigenvalue weighted by Gasteiger charge is 2.09. The van der Waals surface area contributed by atoms with Crippen molar-refractivity contribution in [2.75, 3.05) is 25.3 Å². The van der Waals surface area contributed by atoms with Gasteiger partial charge in [-0.2, -0.15) is 0 Å². The molecule has 0 fully saturated rings. The van der Waals surface area contributed by atoms with Crippen molar-refractivity contribution in [2.45, 2.75) is 17.2 Å². The molecule has 0 radical (unpaired) electrons. The maximum atomic E-state index is 12.1. The molecule has 1 heterocycles. The minimum atomic E-state index is -0.104. The third-order valence-corrected chi connectivity index (χ3v) is 5.00. The zero-order valence-electron chi connectivity index (χ0n) is 13.6. The summed E-state index contributed by atoms with van der Waals surface area (Å²) in [6.45, 7) is 3.66. The first-order chi connectivity index (χ1) is 11.6. The van der Waals surface area contributed by atoms with Crippen molar-refractivity contribution in [3.63, 3.8) is 0 Å². The second-order valence-corrected chi connectivity index (χ2v) is 6.99. The number of anilines is 1. The van der Waals surface area contributed by atoms with Crippen LogP contribution in [0.2, 0.25) is 0 Å². The average molecular weight is 365 g/mol. The summed E-state index contributed by atoms with van der Waals surface area (Å²) in [6.07, 6.45) is 2.72. The lowest BCUT2D eigenvalue weighted by Gasteiger charge is -2.08. The van der Waals surface area contributed by atoms with Crippen molar-refractivity contribution in [3.8, 4) is 11.5 Å². The first-order valence-electron chi connectivity index (χ1n) is 7.23. The van der Waals surface area contributed by atoms with Crippen LogP contribution in [0, 0.1) is 0 Å². The van der Waals surface area contributed by atoms with Crippen molar-refractivity contribution >= 4 is 34.1 Å². The van der Waals surface area contributed by atoms with Gasteiger partial charge >= 0.3 is 0 Å². The lowest BCUT2D eigenvalue weighted by molar-refractivity contribution is -0.116. The summed E-state index contributed by atoms with van der Waals surface area (Å²) in [5.41, 5.74) is 0.973.